The minimum atomic E-state index is -1.06. The zero-order valence-corrected chi connectivity index (χ0v) is 16.5. The number of rotatable bonds is 2. The number of ketones is 1. The van der Waals surface area contributed by atoms with E-state index in [1.807, 2.05) is 62.4 Å². The van der Waals surface area contributed by atoms with Gasteiger partial charge in [-0.15, -0.1) is 0 Å². The van der Waals surface area contributed by atoms with Gasteiger partial charge in [0, 0.05) is 4.47 Å². The van der Waals surface area contributed by atoms with Crippen LogP contribution in [0.2, 0.25) is 0 Å². The molecule has 4 nitrogen and oxygen atoms in total. The number of nitrogens with zero attached hydrogens (tertiary/aromatic N) is 2. The molecule has 2 aromatic carbocycles. The van der Waals surface area contributed by atoms with Gasteiger partial charge in [-0.2, -0.15) is 10.1 Å². The maximum atomic E-state index is 13.5. The van der Waals surface area contributed by atoms with Gasteiger partial charge in [-0.05, 0) is 61.4 Å². The number of hydrazone groups is 1. The third kappa shape index (κ3) is 2.79. The van der Waals surface area contributed by atoms with Crippen LogP contribution in [0.1, 0.15) is 18.1 Å². The second-order valence-electron chi connectivity index (χ2n) is 6.75. The maximum Gasteiger partial charge on any atom is 0.267 e. The SMILES string of the molecule is CC1=NN(c2ccc(Br)cc2)C(=O)C12C=CC(=O)C=C2c1cccc(C)c1. The zero-order valence-electron chi connectivity index (χ0n) is 14.9. The van der Waals surface area contributed by atoms with E-state index < -0.39 is 5.41 Å². The fourth-order valence-corrected chi connectivity index (χ4v) is 3.84. The number of amides is 1. The Bertz CT molecular complexity index is 1050. The van der Waals surface area contributed by atoms with E-state index >= 15 is 0 Å². The van der Waals surface area contributed by atoms with Gasteiger partial charge >= 0.3 is 0 Å². The normalized spacial score (nSPS) is 21.7. The first kappa shape index (κ1) is 17.6. The highest BCUT2D eigenvalue weighted by molar-refractivity contribution is 9.10. The standard InChI is InChI=1S/C22H17BrN2O2/c1-14-4-3-5-16(12-14)20-13-19(26)10-11-22(20)15(2)24-25(21(22)27)18-8-6-17(23)7-9-18/h3-13H,1-2H3. The Labute approximate surface area is 166 Å². The van der Waals surface area contributed by atoms with Crippen LogP contribution in [0.25, 0.3) is 5.57 Å². The lowest BCUT2D eigenvalue weighted by molar-refractivity contribution is -0.120. The van der Waals surface area contributed by atoms with Crippen molar-refractivity contribution in [3.05, 3.63) is 82.4 Å². The van der Waals surface area contributed by atoms with Crippen LogP contribution in [-0.2, 0) is 9.59 Å². The van der Waals surface area contributed by atoms with Crippen molar-refractivity contribution in [2.45, 2.75) is 13.8 Å². The summed E-state index contributed by atoms with van der Waals surface area (Å²) in [5.74, 6) is -0.307. The average Bonchev–Trinajstić information content (AvgIpc) is 2.90. The minimum absolute atomic E-state index is 0.125. The van der Waals surface area contributed by atoms with Gasteiger partial charge in [0.2, 0.25) is 0 Å². The smallest absolute Gasteiger partial charge is 0.267 e. The summed E-state index contributed by atoms with van der Waals surface area (Å²) in [7, 11) is 0. The van der Waals surface area contributed by atoms with E-state index in [2.05, 4.69) is 21.0 Å². The maximum absolute atomic E-state index is 13.5. The Hall–Kier alpha value is -2.79. The molecule has 5 heteroatoms. The molecule has 0 saturated carbocycles. The first-order chi connectivity index (χ1) is 12.9. The number of halogens is 1. The number of hydrogen-bond acceptors (Lipinski definition) is 3. The number of allylic oxidation sites excluding steroid dienone is 2. The molecule has 0 aromatic heterocycles. The lowest BCUT2D eigenvalue weighted by Crippen LogP contribution is -2.40. The second-order valence-corrected chi connectivity index (χ2v) is 7.67. The van der Waals surface area contributed by atoms with Gasteiger partial charge in [0.15, 0.2) is 5.78 Å². The van der Waals surface area contributed by atoms with Gasteiger partial charge in [-0.1, -0.05) is 51.8 Å². The van der Waals surface area contributed by atoms with Crippen LogP contribution in [-0.4, -0.2) is 17.4 Å². The molecular formula is C22H17BrN2O2. The minimum Gasteiger partial charge on any atom is -0.290 e. The number of aryl methyl sites for hydroxylation is 1. The van der Waals surface area contributed by atoms with Crippen molar-refractivity contribution in [1.29, 1.82) is 0 Å². The summed E-state index contributed by atoms with van der Waals surface area (Å²) in [5, 5.41) is 5.97. The average molecular weight is 421 g/mol. The van der Waals surface area contributed by atoms with Crippen molar-refractivity contribution in [2.75, 3.05) is 5.01 Å². The van der Waals surface area contributed by atoms with Gasteiger partial charge in [-0.25, -0.2) is 0 Å². The van der Waals surface area contributed by atoms with Gasteiger partial charge in [0.1, 0.15) is 5.41 Å². The molecule has 0 saturated heterocycles. The predicted octanol–water partition coefficient (Wildman–Crippen LogP) is 4.69. The molecule has 1 amide bonds. The van der Waals surface area contributed by atoms with Crippen molar-refractivity contribution < 1.29 is 9.59 Å². The number of hydrogen-bond donors (Lipinski definition) is 0. The molecule has 1 heterocycles. The highest BCUT2D eigenvalue weighted by atomic mass is 79.9. The second kappa shape index (κ2) is 6.43. The topological polar surface area (TPSA) is 49.7 Å². The quantitative estimate of drug-likeness (QED) is 0.707. The molecule has 4 rings (SSSR count). The highest BCUT2D eigenvalue weighted by Gasteiger charge is 2.52. The van der Waals surface area contributed by atoms with Crippen LogP contribution in [0.15, 0.2) is 76.3 Å². The molecule has 0 radical (unpaired) electrons. The van der Waals surface area contributed by atoms with E-state index in [1.54, 1.807) is 12.2 Å². The van der Waals surface area contributed by atoms with Crippen molar-refractivity contribution in [2.24, 2.45) is 10.5 Å². The van der Waals surface area contributed by atoms with Crippen molar-refractivity contribution in [3.63, 3.8) is 0 Å². The molecule has 0 N–H and O–H groups in total. The van der Waals surface area contributed by atoms with Crippen molar-refractivity contribution in [3.8, 4) is 0 Å². The van der Waals surface area contributed by atoms with E-state index in [0.29, 0.717) is 17.0 Å². The monoisotopic (exact) mass is 420 g/mol. The van der Waals surface area contributed by atoms with Crippen molar-refractivity contribution in [1.82, 2.24) is 0 Å². The van der Waals surface area contributed by atoms with Gasteiger partial charge < -0.3 is 0 Å². The van der Waals surface area contributed by atoms with E-state index in [1.165, 1.54) is 11.1 Å². The van der Waals surface area contributed by atoms with E-state index in [0.717, 1.165) is 15.6 Å². The Morgan fingerprint density at radius 3 is 2.48 bits per heavy atom. The largest absolute Gasteiger partial charge is 0.290 e. The fourth-order valence-electron chi connectivity index (χ4n) is 3.58. The van der Waals surface area contributed by atoms with Gasteiger partial charge in [-0.3, -0.25) is 9.59 Å². The molecule has 0 fully saturated rings. The predicted molar refractivity (Wildman–Crippen MR) is 110 cm³/mol. The lowest BCUT2D eigenvalue weighted by Gasteiger charge is -2.30. The number of carbonyl (C=O) groups excluding carboxylic acids is 2. The fraction of sp³-hybridized carbons (Fsp3) is 0.136. The third-order valence-corrected chi connectivity index (χ3v) is 5.49. The van der Waals surface area contributed by atoms with E-state index in [-0.39, 0.29) is 11.7 Å². The van der Waals surface area contributed by atoms with E-state index in [4.69, 9.17) is 0 Å². The molecule has 1 aliphatic heterocycles. The van der Waals surface area contributed by atoms with Gasteiger partial charge in [0.25, 0.3) is 5.91 Å². The number of carbonyl (C=O) groups is 2. The third-order valence-electron chi connectivity index (χ3n) is 4.96. The summed E-state index contributed by atoms with van der Waals surface area (Å²) in [4.78, 5) is 25.7. The molecule has 1 unspecified atom stereocenters. The molecule has 134 valence electrons. The molecule has 27 heavy (non-hydrogen) atoms. The number of anilines is 1. The first-order valence-corrected chi connectivity index (χ1v) is 9.39. The van der Waals surface area contributed by atoms with Crippen LogP contribution < -0.4 is 5.01 Å². The van der Waals surface area contributed by atoms with Crippen LogP contribution in [0.4, 0.5) is 5.69 Å². The summed E-state index contributed by atoms with van der Waals surface area (Å²) in [6, 6.07) is 15.3. The van der Waals surface area contributed by atoms with Crippen molar-refractivity contribution >= 4 is 44.6 Å². The Morgan fingerprint density at radius 2 is 1.78 bits per heavy atom. The molecule has 1 aliphatic carbocycles. The molecule has 1 spiro atoms. The van der Waals surface area contributed by atoms with Crippen LogP contribution in [0.3, 0.4) is 0 Å². The molecule has 2 aliphatic rings. The lowest BCUT2D eigenvalue weighted by atomic mass is 9.70. The van der Waals surface area contributed by atoms with E-state index in [9.17, 15) is 9.59 Å². The van der Waals surface area contributed by atoms with Crippen LogP contribution >= 0.6 is 15.9 Å². The molecular weight excluding hydrogens is 404 g/mol. The summed E-state index contributed by atoms with van der Waals surface area (Å²) in [5.41, 5.74) is 2.86. The molecule has 0 bridgehead atoms. The zero-order chi connectivity index (χ0) is 19.2. The highest BCUT2D eigenvalue weighted by Crippen LogP contribution is 2.46. The Morgan fingerprint density at radius 1 is 1.04 bits per heavy atom. The molecule has 1 atom stereocenters. The number of benzene rings is 2. The summed E-state index contributed by atoms with van der Waals surface area (Å²) >= 11 is 3.41. The molecule has 2 aromatic rings. The summed E-state index contributed by atoms with van der Waals surface area (Å²) in [6.45, 7) is 3.82. The Kier molecular flexibility index (Phi) is 4.19. The first-order valence-electron chi connectivity index (χ1n) is 8.60. The summed E-state index contributed by atoms with van der Waals surface area (Å²) in [6.07, 6.45) is 4.70. The Balaban J connectivity index is 1.85. The van der Waals surface area contributed by atoms with Crippen LogP contribution in [0.5, 0.6) is 0 Å². The van der Waals surface area contributed by atoms with Gasteiger partial charge in [0.05, 0.1) is 11.4 Å². The summed E-state index contributed by atoms with van der Waals surface area (Å²) < 4.78 is 0.928. The van der Waals surface area contributed by atoms with Crippen LogP contribution in [0, 0.1) is 12.3 Å².